The number of hydrogen-bond donors (Lipinski definition) is 3. The van der Waals surface area contributed by atoms with Crippen molar-refractivity contribution < 1.29 is 31.5 Å². The number of carboxylic acids is 1. The predicted octanol–water partition coefficient (Wildman–Crippen LogP) is 4.65. The number of hydrogen-bond acceptors (Lipinski definition) is 5. The lowest BCUT2D eigenvalue weighted by atomic mass is 10.0. The maximum atomic E-state index is 12.6. The van der Waals surface area contributed by atoms with Crippen LogP contribution in [0.25, 0.3) is 11.1 Å². The second-order valence-corrected chi connectivity index (χ2v) is 10.8. The van der Waals surface area contributed by atoms with Gasteiger partial charge in [-0.25, -0.2) is 17.9 Å². The molecule has 3 N–H and O–H groups in total. The van der Waals surface area contributed by atoms with Gasteiger partial charge in [-0.15, -0.1) is 0 Å². The fraction of sp³-hybridized carbons (Fsp3) is 0.321. The fourth-order valence-corrected chi connectivity index (χ4v) is 5.04. The Morgan fingerprint density at radius 1 is 0.821 bits per heavy atom. The first-order valence-electron chi connectivity index (χ1n) is 12.5. The third kappa shape index (κ3) is 10.1. The summed E-state index contributed by atoms with van der Waals surface area (Å²) in [6.45, 7) is 4.99. The van der Waals surface area contributed by atoms with E-state index < -0.39 is 22.2 Å². The quantitative estimate of drug-likeness (QED) is 0.332. The second kappa shape index (κ2) is 14.2. The van der Waals surface area contributed by atoms with Crippen LogP contribution in [0.4, 0.5) is 13.2 Å². The van der Waals surface area contributed by atoms with Crippen LogP contribution >= 0.6 is 0 Å². The van der Waals surface area contributed by atoms with Gasteiger partial charge in [-0.2, -0.15) is 13.2 Å². The molecular weight excluding hydrogens is 531 g/mol. The Morgan fingerprint density at radius 2 is 1.31 bits per heavy atom. The Kier molecular flexibility index (Phi) is 11.0. The molecule has 0 aliphatic carbocycles. The number of likely N-dealkylation sites (tertiary alicyclic amines) is 1. The van der Waals surface area contributed by atoms with Crippen molar-refractivity contribution >= 4 is 16.0 Å². The van der Waals surface area contributed by atoms with E-state index in [-0.39, 0.29) is 0 Å². The molecule has 1 aliphatic heterocycles. The Hall–Kier alpha value is -3.25. The highest BCUT2D eigenvalue weighted by Gasteiger charge is 2.38. The minimum atomic E-state index is -5.08. The van der Waals surface area contributed by atoms with Gasteiger partial charge in [-0.1, -0.05) is 66.7 Å². The molecule has 0 bridgehead atoms. The Morgan fingerprint density at radius 3 is 1.82 bits per heavy atom. The van der Waals surface area contributed by atoms with Crippen LogP contribution in [0, 0.1) is 0 Å². The number of aliphatic carboxylic acids is 1. The van der Waals surface area contributed by atoms with E-state index in [1.54, 1.807) is 12.1 Å². The molecular formula is C28H32F3N3O4S. The number of sulfonamides is 1. The van der Waals surface area contributed by atoms with E-state index in [0.717, 1.165) is 43.9 Å². The summed E-state index contributed by atoms with van der Waals surface area (Å²) < 4.78 is 59.6. The summed E-state index contributed by atoms with van der Waals surface area (Å²) in [5, 5.41) is 10.6. The Labute approximate surface area is 226 Å². The van der Waals surface area contributed by atoms with Crippen molar-refractivity contribution in [1.82, 2.24) is 14.9 Å². The molecule has 39 heavy (non-hydrogen) atoms. The Bertz CT molecular complexity index is 1280. The van der Waals surface area contributed by atoms with Gasteiger partial charge >= 0.3 is 12.1 Å². The molecule has 0 amide bonds. The molecule has 7 nitrogen and oxygen atoms in total. The summed E-state index contributed by atoms with van der Waals surface area (Å²) in [7, 11) is -3.48. The molecule has 1 heterocycles. The van der Waals surface area contributed by atoms with Crippen LogP contribution in [0.2, 0.25) is 0 Å². The highest BCUT2D eigenvalue weighted by molar-refractivity contribution is 7.89. The standard InChI is InChI=1S/C26H31N3O2S.C2HF3O2/c30-32(31,28-16-19-29-17-4-5-18-29)26-14-12-25(13-15-26)24-10-8-23(9-11-24)21-27-20-22-6-2-1-3-7-22;3-2(4,5)1(6)7/h1-3,6-15,27-28H,4-5,16-21H2;(H,6,7). The first-order valence-corrected chi connectivity index (χ1v) is 14.0. The van der Waals surface area contributed by atoms with Crippen molar-refractivity contribution in [1.29, 1.82) is 0 Å². The number of carbonyl (C=O) groups is 1. The zero-order valence-electron chi connectivity index (χ0n) is 21.3. The number of nitrogens with zero attached hydrogens (tertiary/aromatic N) is 1. The average Bonchev–Trinajstić information content (AvgIpc) is 3.43. The van der Waals surface area contributed by atoms with Gasteiger partial charge in [-0.05, 0) is 60.3 Å². The molecule has 0 saturated carbocycles. The summed E-state index contributed by atoms with van der Waals surface area (Å²) in [6, 6.07) is 25.8. The van der Waals surface area contributed by atoms with Gasteiger partial charge < -0.3 is 15.3 Å². The molecule has 1 aliphatic rings. The van der Waals surface area contributed by atoms with Crippen LogP contribution in [0.1, 0.15) is 24.0 Å². The lowest BCUT2D eigenvalue weighted by Gasteiger charge is -2.15. The third-order valence-corrected chi connectivity index (χ3v) is 7.59. The van der Waals surface area contributed by atoms with Crippen molar-refractivity contribution in [3.63, 3.8) is 0 Å². The smallest absolute Gasteiger partial charge is 0.475 e. The van der Waals surface area contributed by atoms with Gasteiger partial charge in [0.25, 0.3) is 0 Å². The lowest BCUT2D eigenvalue weighted by molar-refractivity contribution is -0.192. The van der Waals surface area contributed by atoms with Crippen molar-refractivity contribution in [2.45, 2.75) is 37.0 Å². The minimum absolute atomic E-state index is 0.310. The van der Waals surface area contributed by atoms with Crippen LogP contribution < -0.4 is 10.0 Å². The molecule has 0 unspecified atom stereocenters. The topological polar surface area (TPSA) is 98.7 Å². The summed E-state index contributed by atoms with van der Waals surface area (Å²) >= 11 is 0. The average molecular weight is 564 g/mol. The molecule has 0 aromatic heterocycles. The minimum Gasteiger partial charge on any atom is -0.475 e. The van der Waals surface area contributed by atoms with E-state index in [0.29, 0.717) is 11.4 Å². The number of carboxylic acid groups (broad SMARTS) is 1. The highest BCUT2D eigenvalue weighted by Crippen LogP contribution is 2.22. The van der Waals surface area contributed by atoms with E-state index in [1.165, 1.54) is 24.0 Å². The van der Waals surface area contributed by atoms with E-state index in [9.17, 15) is 21.6 Å². The van der Waals surface area contributed by atoms with Gasteiger partial charge in [0, 0.05) is 26.2 Å². The molecule has 0 radical (unpaired) electrons. The third-order valence-electron chi connectivity index (χ3n) is 6.11. The number of nitrogens with one attached hydrogen (secondary N) is 2. The fourth-order valence-electron chi connectivity index (χ4n) is 4.02. The Balaban J connectivity index is 0.000000532. The summed E-state index contributed by atoms with van der Waals surface area (Å²) in [4.78, 5) is 11.5. The highest BCUT2D eigenvalue weighted by atomic mass is 32.2. The first-order chi connectivity index (χ1) is 18.5. The van der Waals surface area contributed by atoms with Crippen LogP contribution in [0.15, 0.2) is 83.8 Å². The molecule has 3 aromatic rings. The van der Waals surface area contributed by atoms with Gasteiger partial charge in [0.15, 0.2) is 0 Å². The first kappa shape index (κ1) is 30.3. The molecule has 11 heteroatoms. The normalized spacial score (nSPS) is 14.0. The van der Waals surface area contributed by atoms with E-state index >= 15 is 0 Å². The molecule has 0 spiro atoms. The lowest BCUT2D eigenvalue weighted by Crippen LogP contribution is -2.33. The van der Waals surface area contributed by atoms with E-state index in [2.05, 4.69) is 51.3 Å². The van der Waals surface area contributed by atoms with Crippen molar-refractivity contribution in [3.8, 4) is 11.1 Å². The number of halogens is 3. The van der Waals surface area contributed by atoms with Crippen LogP contribution in [-0.4, -0.2) is 56.7 Å². The van der Waals surface area contributed by atoms with Crippen molar-refractivity contribution in [2.24, 2.45) is 0 Å². The van der Waals surface area contributed by atoms with E-state index in [1.807, 2.05) is 30.3 Å². The summed E-state index contributed by atoms with van der Waals surface area (Å²) in [5.41, 5.74) is 4.56. The van der Waals surface area contributed by atoms with Gasteiger partial charge in [0.2, 0.25) is 10.0 Å². The molecule has 1 fully saturated rings. The number of rotatable bonds is 10. The zero-order chi connectivity index (χ0) is 28.3. The van der Waals surface area contributed by atoms with Crippen LogP contribution in [-0.2, 0) is 27.9 Å². The van der Waals surface area contributed by atoms with Gasteiger partial charge in [0.1, 0.15) is 0 Å². The van der Waals surface area contributed by atoms with Crippen LogP contribution in [0.5, 0.6) is 0 Å². The number of benzene rings is 3. The number of alkyl halides is 3. The monoisotopic (exact) mass is 563 g/mol. The zero-order valence-corrected chi connectivity index (χ0v) is 22.1. The molecule has 1 saturated heterocycles. The molecule has 210 valence electrons. The van der Waals surface area contributed by atoms with Crippen molar-refractivity contribution in [2.75, 3.05) is 26.2 Å². The maximum absolute atomic E-state index is 12.6. The molecule has 4 rings (SSSR count). The van der Waals surface area contributed by atoms with Crippen LogP contribution in [0.3, 0.4) is 0 Å². The molecule has 3 aromatic carbocycles. The summed E-state index contributed by atoms with van der Waals surface area (Å²) in [6.07, 6.45) is -2.67. The second-order valence-electron chi connectivity index (χ2n) is 9.06. The predicted molar refractivity (Wildman–Crippen MR) is 143 cm³/mol. The largest absolute Gasteiger partial charge is 0.490 e. The van der Waals surface area contributed by atoms with Gasteiger partial charge in [0.05, 0.1) is 4.90 Å². The van der Waals surface area contributed by atoms with E-state index in [4.69, 9.17) is 9.90 Å². The molecule has 0 atom stereocenters. The SMILES string of the molecule is O=C(O)C(F)(F)F.O=S(=O)(NCCN1CCCC1)c1ccc(-c2ccc(CNCc3ccccc3)cc2)cc1. The maximum Gasteiger partial charge on any atom is 0.490 e. The van der Waals surface area contributed by atoms with Crippen molar-refractivity contribution in [3.05, 3.63) is 90.0 Å². The summed E-state index contributed by atoms with van der Waals surface area (Å²) in [5.74, 6) is -2.76. The van der Waals surface area contributed by atoms with Gasteiger partial charge in [-0.3, -0.25) is 0 Å².